The van der Waals surface area contributed by atoms with Gasteiger partial charge in [0.1, 0.15) is 11.9 Å². The van der Waals surface area contributed by atoms with E-state index in [0.717, 1.165) is 34.2 Å². The minimum Gasteiger partial charge on any atom is -0.372 e. The molecule has 0 saturated carbocycles. The maximum atomic E-state index is 5.61. The van der Waals surface area contributed by atoms with E-state index in [4.69, 9.17) is 4.74 Å². The Labute approximate surface area is 101 Å². The molecule has 0 radical (unpaired) electrons. The Morgan fingerprint density at radius 1 is 1.67 bits per heavy atom. The molecule has 1 unspecified atom stereocenters. The smallest absolute Gasteiger partial charge is 0.160 e. The fourth-order valence-electron chi connectivity index (χ4n) is 1.35. The molecule has 1 saturated heterocycles. The summed E-state index contributed by atoms with van der Waals surface area (Å²) in [6.07, 6.45) is 1.79. The lowest BCUT2D eigenvalue weighted by atomic mass is 10.3. The summed E-state index contributed by atoms with van der Waals surface area (Å²) in [4.78, 5) is 8.68. The van der Waals surface area contributed by atoms with Gasteiger partial charge in [0.2, 0.25) is 0 Å². The van der Waals surface area contributed by atoms with Crippen molar-refractivity contribution in [2.24, 2.45) is 0 Å². The molecule has 1 N–H and O–H groups in total. The molecule has 0 aliphatic carbocycles. The number of thioether (sulfide) groups is 1. The van der Waals surface area contributed by atoms with Gasteiger partial charge in [0.05, 0.1) is 11.1 Å². The largest absolute Gasteiger partial charge is 0.372 e. The van der Waals surface area contributed by atoms with Crippen LogP contribution in [0.1, 0.15) is 11.9 Å². The van der Waals surface area contributed by atoms with Crippen molar-refractivity contribution in [3.8, 4) is 0 Å². The number of nitrogens with zero attached hydrogens (tertiary/aromatic N) is 2. The van der Waals surface area contributed by atoms with Gasteiger partial charge in [-0.25, -0.2) is 9.97 Å². The average molecular weight is 290 g/mol. The van der Waals surface area contributed by atoms with Gasteiger partial charge in [-0.05, 0) is 15.9 Å². The van der Waals surface area contributed by atoms with Gasteiger partial charge < -0.3 is 10.1 Å². The molecule has 1 aliphatic rings. The highest BCUT2D eigenvalue weighted by atomic mass is 79.9. The van der Waals surface area contributed by atoms with Gasteiger partial charge in [-0.1, -0.05) is 0 Å². The summed E-state index contributed by atoms with van der Waals surface area (Å²) in [5, 5.41) is 3.01. The number of aromatic nitrogens is 2. The Kier molecular flexibility index (Phi) is 3.82. The summed E-state index contributed by atoms with van der Waals surface area (Å²) in [5.74, 6) is 3.56. The van der Waals surface area contributed by atoms with Crippen molar-refractivity contribution in [2.75, 3.05) is 30.5 Å². The van der Waals surface area contributed by atoms with Gasteiger partial charge >= 0.3 is 0 Å². The van der Waals surface area contributed by atoms with Crippen LogP contribution in [0.3, 0.4) is 0 Å². The first kappa shape index (κ1) is 11.2. The van der Waals surface area contributed by atoms with Crippen LogP contribution in [0.5, 0.6) is 0 Å². The summed E-state index contributed by atoms with van der Waals surface area (Å²) in [6, 6.07) is 0. The summed E-state index contributed by atoms with van der Waals surface area (Å²) in [5.41, 5.74) is 0. The van der Waals surface area contributed by atoms with Crippen LogP contribution in [0.25, 0.3) is 0 Å². The van der Waals surface area contributed by atoms with Gasteiger partial charge in [0.15, 0.2) is 5.82 Å². The van der Waals surface area contributed by atoms with E-state index < -0.39 is 0 Å². The molecule has 2 heterocycles. The number of hydrogen-bond acceptors (Lipinski definition) is 5. The van der Waals surface area contributed by atoms with Crippen LogP contribution in [0.2, 0.25) is 0 Å². The van der Waals surface area contributed by atoms with Crippen LogP contribution >= 0.6 is 27.7 Å². The van der Waals surface area contributed by atoms with Gasteiger partial charge in [0.25, 0.3) is 0 Å². The first-order valence-corrected chi connectivity index (χ1v) is 6.65. The number of ether oxygens (including phenoxy) is 1. The van der Waals surface area contributed by atoms with Gasteiger partial charge in [-0.15, -0.1) is 0 Å². The third kappa shape index (κ3) is 2.62. The third-order valence-electron chi connectivity index (χ3n) is 2.10. The highest BCUT2D eigenvalue weighted by Crippen LogP contribution is 2.26. The molecule has 82 valence electrons. The van der Waals surface area contributed by atoms with E-state index in [1.54, 1.807) is 6.20 Å². The Morgan fingerprint density at radius 2 is 2.53 bits per heavy atom. The highest BCUT2D eigenvalue weighted by Gasteiger charge is 2.19. The zero-order valence-corrected chi connectivity index (χ0v) is 10.8. The van der Waals surface area contributed by atoms with Crippen molar-refractivity contribution in [1.29, 1.82) is 0 Å². The van der Waals surface area contributed by atoms with Crippen molar-refractivity contribution in [1.82, 2.24) is 9.97 Å². The predicted octanol–water partition coefficient (Wildman–Crippen LogP) is 2.09. The molecule has 1 aromatic heterocycles. The molecular weight excluding hydrogens is 278 g/mol. The van der Waals surface area contributed by atoms with Crippen molar-refractivity contribution in [3.63, 3.8) is 0 Å². The Balaban J connectivity index is 2.20. The van der Waals surface area contributed by atoms with E-state index in [2.05, 4.69) is 31.2 Å². The van der Waals surface area contributed by atoms with Crippen LogP contribution < -0.4 is 5.32 Å². The fraction of sp³-hybridized carbons (Fsp3) is 0.556. The zero-order chi connectivity index (χ0) is 10.7. The van der Waals surface area contributed by atoms with Crippen LogP contribution in [-0.2, 0) is 4.74 Å². The molecule has 6 heteroatoms. The van der Waals surface area contributed by atoms with Gasteiger partial charge in [0, 0.05) is 24.8 Å². The normalized spacial score (nSPS) is 21.3. The molecule has 1 aromatic rings. The van der Waals surface area contributed by atoms with Crippen LogP contribution in [-0.4, -0.2) is 35.1 Å². The molecule has 0 aromatic carbocycles. The number of anilines is 1. The zero-order valence-electron chi connectivity index (χ0n) is 8.36. The van der Waals surface area contributed by atoms with E-state index in [1.165, 1.54) is 0 Å². The lowest BCUT2D eigenvalue weighted by molar-refractivity contribution is 0.0695. The maximum absolute atomic E-state index is 5.61. The number of hydrogen-bond donors (Lipinski definition) is 1. The van der Waals surface area contributed by atoms with Crippen molar-refractivity contribution < 1.29 is 4.74 Å². The SMILES string of the molecule is CNc1nc(C2CSCCO2)ncc1Br. The second kappa shape index (κ2) is 5.14. The lowest BCUT2D eigenvalue weighted by Gasteiger charge is -2.21. The average Bonchev–Trinajstić information content (AvgIpc) is 2.31. The van der Waals surface area contributed by atoms with Crippen molar-refractivity contribution in [3.05, 3.63) is 16.5 Å². The number of nitrogens with one attached hydrogen (secondary N) is 1. The summed E-state index contributed by atoms with van der Waals surface area (Å²) in [7, 11) is 1.84. The fourth-order valence-corrected chi connectivity index (χ4v) is 2.58. The van der Waals surface area contributed by atoms with Crippen molar-refractivity contribution in [2.45, 2.75) is 6.10 Å². The molecule has 0 bridgehead atoms. The number of rotatable bonds is 2. The monoisotopic (exact) mass is 289 g/mol. The quantitative estimate of drug-likeness (QED) is 0.903. The summed E-state index contributed by atoms with van der Waals surface area (Å²) < 4.78 is 6.49. The second-order valence-corrected chi connectivity index (χ2v) is 5.11. The van der Waals surface area contributed by atoms with E-state index in [-0.39, 0.29) is 6.10 Å². The first-order chi connectivity index (χ1) is 7.31. The number of halogens is 1. The predicted molar refractivity (Wildman–Crippen MR) is 65.3 cm³/mol. The standard InChI is InChI=1S/C9H12BrN3OS/c1-11-8-6(10)4-12-9(13-8)7-5-15-3-2-14-7/h4,7H,2-3,5H2,1H3,(H,11,12,13). The third-order valence-corrected chi connectivity index (χ3v) is 3.68. The summed E-state index contributed by atoms with van der Waals surface area (Å²) in [6.45, 7) is 0.781. The van der Waals surface area contributed by atoms with E-state index in [0.29, 0.717) is 0 Å². The van der Waals surface area contributed by atoms with Crippen LogP contribution in [0.15, 0.2) is 10.7 Å². The lowest BCUT2D eigenvalue weighted by Crippen LogP contribution is -2.18. The van der Waals surface area contributed by atoms with E-state index >= 15 is 0 Å². The van der Waals surface area contributed by atoms with Crippen molar-refractivity contribution >= 4 is 33.5 Å². The summed E-state index contributed by atoms with van der Waals surface area (Å²) >= 11 is 5.26. The van der Waals surface area contributed by atoms with Crippen LogP contribution in [0, 0.1) is 0 Å². The van der Waals surface area contributed by atoms with Gasteiger partial charge in [-0.2, -0.15) is 11.8 Å². The molecule has 0 amide bonds. The minimum absolute atomic E-state index is 0.0314. The molecule has 1 atom stereocenters. The topological polar surface area (TPSA) is 47.0 Å². The molecular formula is C9H12BrN3OS. The first-order valence-electron chi connectivity index (χ1n) is 4.71. The molecule has 2 rings (SSSR count). The Bertz CT molecular complexity index is 344. The molecule has 0 spiro atoms. The molecule has 4 nitrogen and oxygen atoms in total. The highest BCUT2D eigenvalue weighted by molar-refractivity contribution is 9.10. The second-order valence-electron chi connectivity index (χ2n) is 3.11. The van der Waals surface area contributed by atoms with E-state index in [1.807, 2.05) is 18.8 Å². The molecule has 1 fully saturated rings. The maximum Gasteiger partial charge on any atom is 0.160 e. The molecule has 15 heavy (non-hydrogen) atoms. The van der Waals surface area contributed by atoms with E-state index in [9.17, 15) is 0 Å². The Hall–Kier alpha value is -0.330. The molecule has 1 aliphatic heterocycles. The van der Waals surface area contributed by atoms with Crippen LogP contribution in [0.4, 0.5) is 5.82 Å². The van der Waals surface area contributed by atoms with Gasteiger partial charge in [-0.3, -0.25) is 0 Å². The Morgan fingerprint density at radius 3 is 3.20 bits per heavy atom. The minimum atomic E-state index is 0.0314.